The standard InChI is InChI=1S/C18H29N/c1-4-15-10-9-11-16(14-15)17(19-6-3)18(5-2)12-7-8-13-18/h9-11,14,17,19H,4-8,12-13H2,1-3H3. The van der Waals surface area contributed by atoms with Gasteiger partial charge in [-0.15, -0.1) is 0 Å². The van der Waals surface area contributed by atoms with E-state index in [1.807, 2.05) is 0 Å². The van der Waals surface area contributed by atoms with E-state index in [9.17, 15) is 0 Å². The largest absolute Gasteiger partial charge is 0.310 e. The third kappa shape index (κ3) is 3.02. The Balaban J connectivity index is 2.32. The van der Waals surface area contributed by atoms with Gasteiger partial charge in [-0.3, -0.25) is 0 Å². The highest BCUT2D eigenvalue weighted by molar-refractivity contribution is 5.28. The zero-order chi connectivity index (χ0) is 13.7. The van der Waals surface area contributed by atoms with Crippen LogP contribution < -0.4 is 5.32 Å². The third-order valence-corrected chi connectivity index (χ3v) is 5.02. The molecule has 0 radical (unpaired) electrons. The lowest BCUT2D eigenvalue weighted by Crippen LogP contribution is -2.36. The van der Waals surface area contributed by atoms with Gasteiger partial charge in [-0.05, 0) is 48.8 Å². The highest BCUT2D eigenvalue weighted by Crippen LogP contribution is 2.50. The molecule has 0 aliphatic heterocycles. The maximum Gasteiger partial charge on any atom is 0.0377 e. The predicted octanol–water partition coefficient (Wildman–Crippen LogP) is 4.87. The van der Waals surface area contributed by atoms with Gasteiger partial charge in [0.1, 0.15) is 0 Å². The fraction of sp³-hybridized carbons (Fsp3) is 0.667. The molecular weight excluding hydrogens is 230 g/mol. The molecule has 1 aliphatic rings. The van der Waals surface area contributed by atoms with Crippen LogP contribution in [0.1, 0.15) is 70.0 Å². The van der Waals surface area contributed by atoms with Gasteiger partial charge in [0.25, 0.3) is 0 Å². The zero-order valence-corrected chi connectivity index (χ0v) is 12.8. The van der Waals surface area contributed by atoms with Crippen molar-refractivity contribution < 1.29 is 0 Å². The van der Waals surface area contributed by atoms with Crippen molar-refractivity contribution in [2.75, 3.05) is 6.54 Å². The molecule has 0 saturated heterocycles. The average molecular weight is 259 g/mol. The second-order valence-electron chi connectivity index (χ2n) is 6.01. The molecule has 1 atom stereocenters. The van der Waals surface area contributed by atoms with Crippen molar-refractivity contribution in [3.8, 4) is 0 Å². The van der Waals surface area contributed by atoms with Crippen molar-refractivity contribution in [1.82, 2.24) is 5.32 Å². The highest BCUT2D eigenvalue weighted by Gasteiger charge is 2.40. The van der Waals surface area contributed by atoms with Crippen LogP contribution in [-0.4, -0.2) is 6.54 Å². The molecule has 0 amide bonds. The number of hydrogen-bond acceptors (Lipinski definition) is 1. The quantitative estimate of drug-likeness (QED) is 0.768. The van der Waals surface area contributed by atoms with Crippen LogP contribution in [0.15, 0.2) is 24.3 Å². The molecule has 0 spiro atoms. The summed E-state index contributed by atoms with van der Waals surface area (Å²) in [7, 11) is 0. The molecule has 1 N–H and O–H groups in total. The van der Waals surface area contributed by atoms with Crippen molar-refractivity contribution >= 4 is 0 Å². The topological polar surface area (TPSA) is 12.0 Å². The van der Waals surface area contributed by atoms with E-state index < -0.39 is 0 Å². The van der Waals surface area contributed by atoms with Gasteiger partial charge in [0.05, 0.1) is 0 Å². The molecule has 1 saturated carbocycles. The summed E-state index contributed by atoms with van der Waals surface area (Å²) in [6, 6.07) is 9.76. The Hall–Kier alpha value is -0.820. The summed E-state index contributed by atoms with van der Waals surface area (Å²) >= 11 is 0. The van der Waals surface area contributed by atoms with Crippen LogP contribution in [0.4, 0.5) is 0 Å². The minimum absolute atomic E-state index is 0.488. The Morgan fingerprint density at radius 2 is 1.89 bits per heavy atom. The molecule has 1 unspecified atom stereocenters. The molecular formula is C18H29N. The fourth-order valence-corrected chi connectivity index (χ4v) is 3.81. The number of rotatable bonds is 6. The van der Waals surface area contributed by atoms with Gasteiger partial charge in [0, 0.05) is 6.04 Å². The Bertz CT molecular complexity index is 390. The number of aryl methyl sites for hydroxylation is 1. The van der Waals surface area contributed by atoms with Gasteiger partial charge in [-0.25, -0.2) is 0 Å². The van der Waals surface area contributed by atoms with Crippen LogP contribution in [-0.2, 0) is 6.42 Å². The summed E-state index contributed by atoms with van der Waals surface area (Å²) in [6.07, 6.45) is 8.01. The minimum atomic E-state index is 0.488. The van der Waals surface area contributed by atoms with Crippen LogP contribution in [0.5, 0.6) is 0 Å². The van der Waals surface area contributed by atoms with E-state index in [2.05, 4.69) is 50.4 Å². The first-order chi connectivity index (χ1) is 9.25. The van der Waals surface area contributed by atoms with Gasteiger partial charge in [0.15, 0.2) is 0 Å². The van der Waals surface area contributed by atoms with Crippen molar-refractivity contribution in [2.24, 2.45) is 5.41 Å². The van der Waals surface area contributed by atoms with E-state index in [1.54, 1.807) is 0 Å². The number of nitrogens with one attached hydrogen (secondary N) is 1. The molecule has 1 heteroatoms. The van der Waals surface area contributed by atoms with E-state index in [0.717, 1.165) is 13.0 Å². The summed E-state index contributed by atoms with van der Waals surface area (Å²) < 4.78 is 0. The van der Waals surface area contributed by atoms with E-state index in [4.69, 9.17) is 0 Å². The molecule has 2 rings (SSSR count). The summed E-state index contributed by atoms with van der Waals surface area (Å²) in [5, 5.41) is 3.78. The molecule has 0 aromatic heterocycles. The van der Waals surface area contributed by atoms with Crippen molar-refractivity contribution in [3.63, 3.8) is 0 Å². The molecule has 1 nitrogen and oxygen atoms in total. The lowest BCUT2D eigenvalue weighted by Gasteiger charge is -2.38. The van der Waals surface area contributed by atoms with Crippen LogP contribution >= 0.6 is 0 Å². The van der Waals surface area contributed by atoms with Crippen molar-refractivity contribution in [1.29, 1.82) is 0 Å². The highest BCUT2D eigenvalue weighted by atomic mass is 14.9. The molecule has 1 aromatic rings. The first-order valence-electron chi connectivity index (χ1n) is 8.08. The lowest BCUT2D eigenvalue weighted by molar-refractivity contribution is 0.189. The summed E-state index contributed by atoms with van der Waals surface area (Å²) in [5.41, 5.74) is 3.46. The average Bonchev–Trinajstić information content (AvgIpc) is 2.94. The maximum absolute atomic E-state index is 3.78. The first-order valence-corrected chi connectivity index (χ1v) is 8.08. The van der Waals surface area contributed by atoms with Crippen LogP contribution in [0, 0.1) is 5.41 Å². The summed E-state index contributed by atoms with van der Waals surface area (Å²) in [6.45, 7) is 7.91. The zero-order valence-electron chi connectivity index (χ0n) is 12.8. The van der Waals surface area contributed by atoms with Crippen molar-refractivity contribution in [2.45, 2.75) is 65.3 Å². The second kappa shape index (κ2) is 6.56. The molecule has 19 heavy (non-hydrogen) atoms. The van der Waals surface area contributed by atoms with Gasteiger partial charge in [-0.1, -0.05) is 57.9 Å². The van der Waals surface area contributed by atoms with Gasteiger partial charge < -0.3 is 5.32 Å². The van der Waals surface area contributed by atoms with Gasteiger partial charge in [0.2, 0.25) is 0 Å². The second-order valence-corrected chi connectivity index (χ2v) is 6.01. The van der Waals surface area contributed by atoms with Crippen LogP contribution in [0.3, 0.4) is 0 Å². The molecule has 0 heterocycles. The third-order valence-electron chi connectivity index (χ3n) is 5.02. The maximum atomic E-state index is 3.78. The molecule has 106 valence electrons. The van der Waals surface area contributed by atoms with E-state index >= 15 is 0 Å². The molecule has 1 aliphatic carbocycles. The van der Waals surface area contributed by atoms with Crippen molar-refractivity contribution in [3.05, 3.63) is 35.4 Å². The van der Waals surface area contributed by atoms with Crippen LogP contribution in [0.2, 0.25) is 0 Å². The number of hydrogen-bond donors (Lipinski definition) is 1. The Kier molecular flexibility index (Phi) is 5.04. The Labute approximate surface area is 118 Å². The van der Waals surface area contributed by atoms with Gasteiger partial charge in [-0.2, -0.15) is 0 Å². The summed E-state index contributed by atoms with van der Waals surface area (Å²) in [4.78, 5) is 0. The number of benzene rings is 1. The predicted molar refractivity (Wildman–Crippen MR) is 83.4 cm³/mol. The fourth-order valence-electron chi connectivity index (χ4n) is 3.81. The van der Waals surface area contributed by atoms with E-state index in [0.29, 0.717) is 11.5 Å². The normalized spacial score (nSPS) is 19.5. The molecule has 1 fully saturated rings. The Morgan fingerprint density at radius 3 is 2.47 bits per heavy atom. The molecule has 1 aromatic carbocycles. The summed E-state index contributed by atoms with van der Waals surface area (Å²) in [5.74, 6) is 0. The Morgan fingerprint density at radius 1 is 1.16 bits per heavy atom. The smallest absolute Gasteiger partial charge is 0.0377 e. The van der Waals surface area contributed by atoms with Gasteiger partial charge >= 0.3 is 0 Å². The monoisotopic (exact) mass is 259 g/mol. The molecule has 0 bridgehead atoms. The SMILES string of the molecule is CCNC(c1cccc(CC)c1)C1(CC)CCCC1. The lowest BCUT2D eigenvalue weighted by atomic mass is 9.73. The van der Waals surface area contributed by atoms with E-state index in [1.165, 1.54) is 43.2 Å². The minimum Gasteiger partial charge on any atom is -0.310 e. The van der Waals surface area contributed by atoms with Crippen LogP contribution in [0.25, 0.3) is 0 Å². The first kappa shape index (κ1) is 14.6. The van der Waals surface area contributed by atoms with E-state index in [-0.39, 0.29) is 0 Å².